The SMILES string of the molecule is CNC(=O)Cc1nc(CN2CCC[C@@H]2CO)cs1. The Hall–Kier alpha value is -0.980. The Kier molecular flexibility index (Phi) is 4.68. The molecule has 1 aromatic rings. The van der Waals surface area contributed by atoms with Crippen LogP contribution in [-0.2, 0) is 17.8 Å². The molecule has 0 aliphatic carbocycles. The summed E-state index contributed by atoms with van der Waals surface area (Å²) in [4.78, 5) is 18.0. The molecule has 2 N–H and O–H groups in total. The highest BCUT2D eigenvalue weighted by molar-refractivity contribution is 7.09. The summed E-state index contributed by atoms with van der Waals surface area (Å²) < 4.78 is 0. The summed E-state index contributed by atoms with van der Waals surface area (Å²) >= 11 is 1.52. The minimum Gasteiger partial charge on any atom is -0.395 e. The number of hydrogen-bond acceptors (Lipinski definition) is 5. The van der Waals surface area contributed by atoms with E-state index in [1.807, 2.05) is 5.38 Å². The van der Waals surface area contributed by atoms with Crippen molar-refractivity contribution in [2.45, 2.75) is 31.8 Å². The Bertz CT molecular complexity index is 408. The molecule has 1 aliphatic heterocycles. The van der Waals surface area contributed by atoms with Gasteiger partial charge in [0.05, 0.1) is 18.7 Å². The lowest BCUT2D eigenvalue weighted by molar-refractivity contribution is -0.119. The number of carbonyl (C=O) groups is 1. The normalized spacial score (nSPS) is 20.2. The maximum absolute atomic E-state index is 11.2. The summed E-state index contributed by atoms with van der Waals surface area (Å²) in [5.74, 6) is -0.00897. The molecule has 0 spiro atoms. The Labute approximate surface area is 111 Å². The van der Waals surface area contributed by atoms with Crippen molar-refractivity contribution in [1.29, 1.82) is 0 Å². The van der Waals surface area contributed by atoms with Gasteiger partial charge in [0, 0.05) is 25.0 Å². The van der Waals surface area contributed by atoms with Crippen molar-refractivity contribution in [1.82, 2.24) is 15.2 Å². The second-order valence-corrected chi connectivity index (χ2v) is 5.47. The van der Waals surface area contributed by atoms with Gasteiger partial charge in [-0.05, 0) is 19.4 Å². The number of thiazole rings is 1. The van der Waals surface area contributed by atoms with E-state index in [4.69, 9.17) is 0 Å². The fraction of sp³-hybridized carbons (Fsp3) is 0.667. The van der Waals surface area contributed by atoms with Crippen molar-refractivity contribution in [2.24, 2.45) is 0 Å². The highest BCUT2D eigenvalue weighted by Gasteiger charge is 2.24. The number of carbonyl (C=O) groups excluding carboxylic acids is 1. The van der Waals surface area contributed by atoms with Gasteiger partial charge in [0.2, 0.25) is 5.91 Å². The lowest BCUT2D eigenvalue weighted by atomic mass is 10.2. The average molecular weight is 269 g/mol. The van der Waals surface area contributed by atoms with Gasteiger partial charge in [-0.3, -0.25) is 9.69 Å². The lowest BCUT2D eigenvalue weighted by Gasteiger charge is -2.21. The Morgan fingerprint density at radius 1 is 1.72 bits per heavy atom. The van der Waals surface area contributed by atoms with Crippen LogP contribution in [0.3, 0.4) is 0 Å². The van der Waals surface area contributed by atoms with Crippen molar-refractivity contribution in [3.63, 3.8) is 0 Å². The second-order valence-electron chi connectivity index (χ2n) is 4.53. The van der Waals surface area contributed by atoms with E-state index in [-0.39, 0.29) is 18.6 Å². The Morgan fingerprint density at radius 3 is 3.28 bits per heavy atom. The predicted molar refractivity (Wildman–Crippen MR) is 70.4 cm³/mol. The highest BCUT2D eigenvalue weighted by Crippen LogP contribution is 2.20. The van der Waals surface area contributed by atoms with E-state index in [1.54, 1.807) is 7.05 Å². The van der Waals surface area contributed by atoms with Crippen molar-refractivity contribution < 1.29 is 9.90 Å². The molecule has 0 unspecified atom stereocenters. The van der Waals surface area contributed by atoms with Gasteiger partial charge in [-0.2, -0.15) is 0 Å². The van der Waals surface area contributed by atoms with Crippen LogP contribution in [0, 0.1) is 0 Å². The van der Waals surface area contributed by atoms with E-state index in [2.05, 4.69) is 15.2 Å². The number of likely N-dealkylation sites (N-methyl/N-ethyl adjacent to an activating group) is 1. The summed E-state index contributed by atoms with van der Waals surface area (Å²) in [7, 11) is 1.63. The molecule has 1 saturated heterocycles. The average Bonchev–Trinajstić information content (AvgIpc) is 2.99. The number of amides is 1. The fourth-order valence-electron chi connectivity index (χ4n) is 2.25. The minimum absolute atomic E-state index is 0.00897. The summed E-state index contributed by atoms with van der Waals surface area (Å²) in [6.07, 6.45) is 2.55. The zero-order valence-corrected chi connectivity index (χ0v) is 11.4. The van der Waals surface area contributed by atoms with Gasteiger partial charge in [-0.15, -0.1) is 11.3 Å². The zero-order valence-electron chi connectivity index (χ0n) is 10.6. The Balaban J connectivity index is 1.92. The van der Waals surface area contributed by atoms with Crippen LogP contribution in [0.5, 0.6) is 0 Å². The van der Waals surface area contributed by atoms with Crippen molar-refractivity contribution >= 4 is 17.2 Å². The number of aliphatic hydroxyl groups is 1. The highest BCUT2D eigenvalue weighted by atomic mass is 32.1. The maximum Gasteiger partial charge on any atom is 0.226 e. The van der Waals surface area contributed by atoms with E-state index in [1.165, 1.54) is 11.3 Å². The number of aromatic nitrogens is 1. The number of aliphatic hydroxyl groups excluding tert-OH is 1. The van der Waals surface area contributed by atoms with E-state index in [0.717, 1.165) is 36.6 Å². The molecule has 100 valence electrons. The fourth-order valence-corrected chi connectivity index (χ4v) is 3.03. The van der Waals surface area contributed by atoms with Crippen LogP contribution in [0.2, 0.25) is 0 Å². The number of nitrogens with zero attached hydrogens (tertiary/aromatic N) is 2. The summed E-state index contributed by atoms with van der Waals surface area (Å²) in [6, 6.07) is 0.272. The van der Waals surface area contributed by atoms with E-state index in [0.29, 0.717) is 6.42 Å². The van der Waals surface area contributed by atoms with Gasteiger partial charge in [0.15, 0.2) is 0 Å². The molecule has 0 aromatic carbocycles. The molecule has 1 atom stereocenters. The topological polar surface area (TPSA) is 65.5 Å². The predicted octanol–water partition coefficient (Wildman–Crippen LogP) is 0.388. The number of likely N-dealkylation sites (tertiary alicyclic amines) is 1. The molecule has 1 fully saturated rings. The van der Waals surface area contributed by atoms with Crippen LogP contribution in [-0.4, -0.2) is 47.1 Å². The first-order valence-corrected chi connectivity index (χ1v) is 7.09. The van der Waals surface area contributed by atoms with E-state index < -0.39 is 0 Å². The van der Waals surface area contributed by atoms with Crippen molar-refractivity contribution in [2.75, 3.05) is 20.2 Å². The van der Waals surface area contributed by atoms with Crippen LogP contribution < -0.4 is 5.32 Å². The first kappa shape index (κ1) is 13.5. The summed E-state index contributed by atoms with van der Waals surface area (Å²) in [5, 5.41) is 14.7. The maximum atomic E-state index is 11.2. The summed E-state index contributed by atoms with van der Waals surface area (Å²) in [5.41, 5.74) is 0.999. The molecule has 0 saturated carbocycles. The van der Waals surface area contributed by atoms with E-state index >= 15 is 0 Å². The Morgan fingerprint density at radius 2 is 2.56 bits per heavy atom. The number of nitrogens with one attached hydrogen (secondary N) is 1. The molecule has 5 nitrogen and oxygen atoms in total. The van der Waals surface area contributed by atoms with Crippen LogP contribution in [0.4, 0.5) is 0 Å². The van der Waals surface area contributed by atoms with Gasteiger partial charge < -0.3 is 10.4 Å². The first-order chi connectivity index (χ1) is 8.72. The number of rotatable bonds is 5. The smallest absolute Gasteiger partial charge is 0.226 e. The van der Waals surface area contributed by atoms with Crippen LogP contribution >= 0.6 is 11.3 Å². The second kappa shape index (κ2) is 6.26. The molecule has 2 heterocycles. The van der Waals surface area contributed by atoms with Gasteiger partial charge in [-0.1, -0.05) is 0 Å². The largest absolute Gasteiger partial charge is 0.395 e. The quantitative estimate of drug-likeness (QED) is 0.811. The van der Waals surface area contributed by atoms with Crippen LogP contribution in [0.1, 0.15) is 23.5 Å². The molecule has 0 radical (unpaired) electrons. The first-order valence-electron chi connectivity index (χ1n) is 6.21. The lowest BCUT2D eigenvalue weighted by Crippen LogP contribution is -2.31. The third kappa shape index (κ3) is 3.28. The van der Waals surface area contributed by atoms with E-state index in [9.17, 15) is 9.90 Å². The zero-order chi connectivity index (χ0) is 13.0. The molecular weight excluding hydrogens is 250 g/mol. The molecule has 18 heavy (non-hydrogen) atoms. The monoisotopic (exact) mass is 269 g/mol. The molecule has 2 rings (SSSR count). The molecular formula is C12H19N3O2S. The molecule has 1 aliphatic rings. The third-order valence-electron chi connectivity index (χ3n) is 3.26. The van der Waals surface area contributed by atoms with Gasteiger partial charge >= 0.3 is 0 Å². The van der Waals surface area contributed by atoms with Crippen molar-refractivity contribution in [3.8, 4) is 0 Å². The molecule has 1 aromatic heterocycles. The van der Waals surface area contributed by atoms with Gasteiger partial charge in [0.25, 0.3) is 0 Å². The number of hydrogen-bond donors (Lipinski definition) is 2. The molecule has 0 bridgehead atoms. The van der Waals surface area contributed by atoms with Crippen LogP contribution in [0.25, 0.3) is 0 Å². The molecule has 1 amide bonds. The van der Waals surface area contributed by atoms with Gasteiger partial charge in [0.1, 0.15) is 5.01 Å². The van der Waals surface area contributed by atoms with Gasteiger partial charge in [-0.25, -0.2) is 4.98 Å². The minimum atomic E-state index is -0.00897. The molecule has 6 heteroatoms. The third-order valence-corrected chi connectivity index (χ3v) is 4.16. The van der Waals surface area contributed by atoms with Crippen molar-refractivity contribution in [3.05, 3.63) is 16.1 Å². The summed E-state index contributed by atoms with van der Waals surface area (Å²) in [6.45, 7) is 2.01. The van der Waals surface area contributed by atoms with Crippen LogP contribution in [0.15, 0.2) is 5.38 Å². The standard InChI is InChI=1S/C12H19N3O2S/c1-13-11(17)5-12-14-9(8-18-12)6-15-4-2-3-10(15)7-16/h8,10,16H,2-7H2,1H3,(H,13,17)/t10-/m1/s1.